The second-order valence-electron chi connectivity index (χ2n) is 9.98. The molecule has 1 N–H and O–H groups in total. The van der Waals surface area contributed by atoms with Crippen molar-refractivity contribution in [3.63, 3.8) is 0 Å². The third-order valence-electron chi connectivity index (χ3n) is 7.38. The van der Waals surface area contributed by atoms with E-state index in [9.17, 15) is 9.59 Å². The number of amides is 2. The molecule has 0 aromatic heterocycles. The van der Waals surface area contributed by atoms with E-state index in [0.717, 1.165) is 40.6 Å². The summed E-state index contributed by atoms with van der Waals surface area (Å²) in [7, 11) is 0. The molecule has 34 heavy (non-hydrogen) atoms. The molecule has 7 nitrogen and oxygen atoms in total. The molecule has 1 aromatic rings. The molecule has 1 saturated heterocycles. The standard InChI is InChI=1S/C26H33BrN2O5/c1-3-18-12-16(2)13-20(27)21(18)22-23(34-25(31)29-8-10-32-11-9-29)26(28-24(22)30)7-6-19(14-26)33-15-17-4-5-17/h12-13,17,19H,3-11,14-15H2,1-2H3,(H,28,30). The normalized spacial score (nSPS) is 27.0. The first kappa shape index (κ1) is 23.8. The van der Waals surface area contributed by atoms with Crippen LogP contribution in [0.1, 0.15) is 55.7 Å². The fourth-order valence-corrected chi connectivity index (χ4v) is 6.16. The van der Waals surface area contributed by atoms with Crippen LogP contribution in [0, 0.1) is 12.8 Å². The molecule has 2 unspecified atom stereocenters. The average molecular weight is 533 g/mol. The minimum absolute atomic E-state index is 0.0458. The number of morpholine rings is 1. The molecule has 2 aliphatic carbocycles. The highest BCUT2D eigenvalue weighted by molar-refractivity contribution is 9.10. The van der Waals surface area contributed by atoms with Crippen molar-refractivity contribution >= 4 is 33.5 Å². The number of hydrogen-bond acceptors (Lipinski definition) is 5. The Morgan fingerprint density at radius 1 is 1.26 bits per heavy atom. The predicted molar refractivity (Wildman–Crippen MR) is 131 cm³/mol. The number of benzene rings is 1. The van der Waals surface area contributed by atoms with Crippen molar-refractivity contribution in [1.82, 2.24) is 10.2 Å². The monoisotopic (exact) mass is 532 g/mol. The maximum Gasteiger partial charge on any atom is 0.415 e. The first-order valence-corrected chi connectivity index (χ1v) is 13.2. The third kappa shape index (κ3) is 4.64. The van der Waals surface area contributed by atoms with Gasteiger partial charge in [0.05, 0.1) is 24.9 Å². The molecule has 3 fully saturated rings. The first-order valence-electron chi connectivity index (χ1n) is 12.4. The Bertz CT molecular complexity index is 1010. The van der Waals surface area contributed by atoms with E-state index in [2.05, 4.69) is 34.2 Å². The van der Waals surface area contributed by atoms with Crippen molar-refractivity contribution in [2.24, 2.45) is 5.92 Å². The lowest BCUT2D eigenvalue weighted by Crippen LogP contribution is -2.46. The lowest BCUT2D eigenvalue weighted by atomic mass is 9.91. The van der Waals surface area contributed by atoms with Crippen molar-refractivity contribution < 1.29 is 23.8 Å². The number of hydrogen-bond donors (Lipinski definition) is 1. The van der Waals surface area contributed by atoms with Crippen molar-refractivity contribution in [3.05, 3.63) is 39.1 Å². The number of rotatable bonds is 6. The maximum absolute atomic E-state index is 13.5. The van der Waals surface area contributed by atoms with E-state index in [1.165, 1.54) is 12.8 Å². The van der Waals surface area contributed by atoms with Gasteiger partial charge in [0.25, 0.3) is 5.91 Å². The summed E-state index contributed by atoms with van der Waals surface area (Å²) < 4.78 is 18.6. The third-order valence-corrected chi connectivity index (χ3v) is 8.01. The minimum Gasteiger partial charge on any atom is -0.411 e. The van der Waals surface area contributed by atoms with Gasteiger partial charge in [-0.3, -0.25) is 4.79 Å². The number of aryl methyl sites for hydroxylation is 2. The van der Waals surface area contributed by atoms with Crippen LogP contribution >= 0.6 is 15.9 Å². The summed E-state index contributed by atoms with van der Waals surface area (Å²) >= 11 is 3.70. The zero-order valence-corrected chi connectivity index (χ0v) is 21.5. The molecule has 0 bridgehead atoms. The van der Waals surface area contributed by atoms with Crippen LogP contribution in [0.15, 0.2) is 22.4 Å². The van der Waals surface area contributed by atoms with E-state index in [-0.39, 0.29) is 12.0 Å². The van der Waals surface area contributed by atoms with E-state index in [1.54, 1.807) is 4.90 Å². The molecule has 0 radical (unpaired) electrons. The summed E-state index contributed by atoms with van der Waals surface area (Å²) in [6.45, 7) is 6.83. The molecule has 1 spiro atoms. The highest BCUT2D eigenvalue weighted by Gasteiger charge is 2.53. The summed E-state index contributed by atoms with van der Waals surface area (Å²) in [5, 5.41) is 3.23. The van der Waals surface area contributed by atoms with Gasteiger partial charge in [-0.05, 0) is 62.1 Å². The van der Waals surface area contributed by atoms with E-state index >= 15 is 0 Å². The topological polar surface area (TPSA) is 77.1 Å². The molecular weight excluding hydrogens is 500 g/mol. The van der Waals surface area contributed by atoms with Crippen LogP contribution in [0.3, 0.4) is 0 Å². The van der Waals surface area contributed by atoms with E-state index in [4.69, 9.17) is 14.2 Å². The molecule has 1 aromatic carbocycles. The fraction of sp³-hybridized carbons (Fsp3) is 0.615. The predicted octanol–water partition coefficient (Wildman–Crippen LogP) is 4.35. The summed E-state index contributed by atoms with van der Waals surface area (Å²) in [4.78, 5) is 28.4. The highest BCUT2D eigenvalue weighted by Crippen LogP contribution is 2.47. The van der Waals surface area contributed by atoms with Crippen molar-refractivity contribution in [2.45, 2.75) is 64.0 Å². The Morgan fingerprint density at radius 2 is 2.03 bits per heavy atom. The second-order valence-corrected chi connectivity index (χ2v) is 10.8. The highest BCUT2D eigenvalue weighted by atomic mass is 79.9. The molecule has 2 atom stereocenters. The molecule has 2 heterocycles. The van der Waals surface area contributed by atoms with Crippen LogP contribution in [0.2, 0.25) is 0 Å². The average Bonchev–Trinajstić information content (AvgIpc) is 3.52. The number of carbonyl (C=O) groups is 2. The molecule has 5 rings (SSSR count). The number of carbonyl (C=O) groups excluding carboxylic acids is 2. The van der Waals surface area contributed by atoms with Gasteiger partial charge in [0.15, 0.2) is 0 Å². The Labute approximate surface area is 209 Å². The fourth-order valence-electron chi connectivity index (χ4n) is 5.34. The van der Waals surface area contributed by atoms with Gasteiger partial charge in [-0.25, -0.2) is 4.79 Å². The van der Waals surface area contributed by atoms with Gasteiger partial charge in [0.2, 0.25) is 0 Å². The Balaban J connectivity index is 1.53. The Morgan fingerprint density at radius 3 is 2.74 bits per heavy atom. The van der Waals surface area contributed by atoms with E-state index in [1.807, 2.05) is 13.0 Å². The summed E-state index contributed by atoms with van der Waals surface area (Å²) in [5.41, 5.74) is 2.72. The van der Waals surface area contributed by atoms with Crippen LogP contribution in [-0.4, -0.2) is 61.5 Å². The molecular formula is C26H33BrN2O5. The van der Waals surface area contributed by atoms with Crippen molar-refractivity contribution in [3.8, 4) is 0 Å². The van der Waals surface area contributed by atoms with Crippen LogP contribution < -0.4 is 5.32 Å². The maximum atomic E-state index is 13.5. The molecule has 184 valence electrons. The SMILES string of the molecule is CCc1cc(C)cc(Br)c1C1=C(OC(=O)N2CCOCC2)C2(CCC(OCC3CC3)C2)NC1=O. The van der Waals surface area contributed by atoms with Crippen molar-refractivity contribution in [2.75, 3.05) is 32.9 Å². The molecule has 4 aliphatic rings. The van der Waals surface area contributed by atoms with Crippen LogP contribution in [0.5, 0.6) is 0 Å². The van der Waals surface area contributed by atoms with Gasteiger partial charge in [-0.1, -0.05) is 28.9 Å². The minimum atomic E-state index is -0.724. The largest absolute Gasteiger partial charge is 0.415 e. The van der Waals surface area contributed by atoms with E-state index < -0.39 is 11.6 Å². The van der Waals surface area contributed by atoms with Gasteiger partial charge in [0, 0.05) is 36.2 Å². The van der Waals surface area contributed by atoms with Crippen LogP contribution in [-0.2, 0) is 25.4 Å². The smallest absolute Gasteiger partial charge is 0.411 e. The molecule has 2 amide bonds. The summed E-state index contributed by atoms with van der Waals surface area (Å²) in [6.07, 6.45) is 5.00. The molecule has 2 saturated carbocycles. The van der Waals surface area contributed by atoms with Crippen LogP contribution in [0.4, 0.5) is 4.79 Å². The lowest BCUT2D eigenvalue weighted by molar-refractivity contribution is -0.116. The zero-order valence-electron chi connectivity index (χ0n) is 20.0. The molecule has 2 aliphatic heterocycles. The first-order chi connectivity index (χ1) is 16.4. The van der Waals surface area contributed by atoms with E-state index in [0.29, 0.717) is 56.4 Å². The second kappa shape index (κ2) is 9.63. The van der Waals surface area contributed by atoms with Gasteiger partial charge in [-0.15, -0.1) is 0 Å². The van der Waals surface area contributed by atoms with Gasteiger partial charge in [0.1, 0.15) is 11.3 Å². The summed E-state index contributed by atoms with van der Waals surface area (Å²) in [5.74, 6) is 0.938. The quantitative estimate of drug-likeness (QED) is 0.589. The zero-order chi connectivity index (χ0) is 23.9. The number of nitrogens with one attached hydrogen (secondary N) is 1. The van der Waals surface area contributed by atoms with Crippen molar-refractivity contribution in [1.29, 1.82) is 0 Å². The Hall–Kier alpha value is -1.90. The number of halogens is 1. The van der Waals surface area contributed by atoms with Gasteiger partial charge in [-0.2, -0.15) is 0 Å². The molecule has 8 heteroatoms. The summed E-state index contributed by atoms with van der Waals surface area (Å²) in [6, 6.07) is 4.11. The van der Waals surface area contributed by atoms with Gasteiger partial charge < -0.3 is 24.4 Å². The number of nitrogens with zero attached hydrogens (tertiary/aromatic N) is 1. The lowest BCUT2D eigenvalue weighted by Gasteiger charge is -2.30. The van der Waals surface area contributed by atoms with Gasteiger partial charge >= 0.3 is 6.09 Å². The van der Waals surface area contributed by atoms with Crippen LogP contribution in [0.25, 0.3) is 5.57 Å². The Kier molecular flexibility index (Phi) is 6.75. The number of ether oxygens (including phenoxy) is 3.